The topological polar surface area (TPSA) is 42.7 Å². The number of aryl methyl sites for hydroxylation is 1. The second kappa shape index (κ2) is 22.9. The summed E-state index contributed by atoms with van der Waals surface area (Å²) in [5.74, 6) is 1.49. The monoisotopic (exact) mass is 770 g/mol. The summed E-state index contributed by atoms with van der Waals surface area (Å²) in [5, 5.41) is 0. The largest absolute Gasteiger partial charge is 1.00 e. The molecule has 3 rings (SSSR count). The van der Waals surface area contributed by atoms with Crippen LogP contribution in [0.1, 0.15) is 145 Å². The van der Waals surface area contributed by atoms with Gasteiger partial charge in [-0.3, -0.25) is 4.79 Å². The molecule has 0 fully saturated rings. The summed E-state index contributed by atoms with van der Waals surface area (Å²) in [6, 6.07) is 18.0. The SMILES string of the molecule is CCCCCCCCCCCCCCCCOc1ccc(CN(Cc2cc[n+](C)cc2)C(=O)c2ccccc2OC)cc1C(C)(C)C.[I-]. The van der Waals surface area contributed by atoms with Crippen molar-refractivity contribution in [2.24, 2.45) is 7.05 Å². The van der Waals surface area contributed by atoms with E-state index in [4.69, 9.17) is 9.47 Å². The van der Waals surface area contributed by atoms with Gasteiger partial charge in [-0.1, -0.05) is 129 Å². The Morgan fingerprint density at radius 2 is 1.25 bits per heavy atom. The molecule has 0 atom stereocenters. The van der Waals surface area contributed by atoms with E-state index < -0.39 is 0 Å². The van der Waals surface area contributed by atoms with E-state index >= 15 is 0 Å². The van der Waals surface area contributed by atoms with Crippen LogP contribution in [0.5, 0.6) is 11.5 Å². The lowest BCUT2D eigenvalue weighted by molar-refractivity contribution is -0.671. The van der Waals surface area contributed by atoms with E-state index in [0.29, 0.717) is 24.4 Å². The Morgan fingerprint density at radius 1 is 0.708 bits per heavy atom. The predicted molar refractivity (Wildman–Crippen MR) is 195 cm³/mol. The molecule has 0 radical (unpaired) electrons. The molecule has 1 aromatic heterocycles. The first-order valence-electron chi connectivity index (χ1n) is 18.4. The van der Waals surface area contributed by atoms with Crippen molar-refractivity contribution in [1.82, 2.24) is 4.90 Å². The minimum Gasteiger partial charge on any atom is -1.00 e. The normalized spacial score (nSPS) is 11.2. The van der Waals surface area contributed by atoms with Crippen LogP contribution in [-0.4, -0.2) is 24.5 Å². The van der Waals surface area contributed by atoms with Crippen molar-refractivity contribution in [3.8, 4) is 11.5 Å². The van der Waals surface area contributed by atoms with E-state index in [1.165, 1.54) is 89.0 Å². The average Bonchev–Trinajstić information content (AvgIpc) is 3.06. The van der Waals surface area contributed by atoms with Crippen LogP contribution < -0.4 is 38.0 Å². The first-order chi connectivity index (χ1) is 22.7. The maximum atomic E-state index is 13.9. The number of pyridine rings is 1. The number of hydrogen-bond acceptors (Lipinski definition) is 3. The first kappa shape index (κ1) is 41.6. The lowest BCUT2D eigenvalue weighted by Gasteiger charge is -2.27. The molecule has 0 aliphatic rings. The van der Waals surface area contributed by atoms with Gasteiger partial charge in [-0.2, -0.15) is 0 Å². The third-order valence-corrected chi connectivity index (χ3v) is 9.03. The standard InChI is InChI=1S/C42H63N2O3.HI/c1-7-8-9-10-11-12-13-14-15-16-17-18-19-22-31-47-40-26-25-36(32-38(40)42(2,3)4)34-44(33-35-27-29-43(5)30-28-35)41(45)37-23-20-21-24-39(37)46-6;/h20-21,23-30,32H,7-19,22,31,33-34H2,1-6H3;1H/q+1;/p-1. The second-order valence-electron chi connectivity index (χ2n) is 14.3. The number of rotatable bonds is 22. The molecule has 0 aliphatic heterocycles. The third-order valence-electron chi connectivity index (χ3n) is 9.03. The molecular weight excluding hydrogens is 707 g/mol. The molecule has 48 heavy (non-hydrogen) atoms. The Kier molecular flexibility index (Phi) is 19.8. The molecule has 1 amide bonds. The third kappa shape index (κ3) is 14.9. The summed E-state index contributed by atoms with van der Waals surface area (Å²) < 4.78 is 13.9. The summed E-state index contributed by atoms with van der Waals surface area (Å²) in [4.78, 5) is 15.8. The minimum absolute atomic E-state index is 0. The number of para-hydroxylation sites is 1. The van der Waals surface area contributed by atoms with E-state index in [1.807, 2.05) is 53.2 Å². The lowest BCUT2D eigenvalue weighted by atomic mass is 9.85. The van der Waals surface area contributed by atoms with Gasteiger partial charge in [0.15, 0.2) is 12.4 Å². The average molecular weight is 771 g/mol. The van der Waals surface area contributed by atoms with Crippen LogP contribution in [-0.2, 0) is 25.6 Å². The fourth-order valence-corrected chi connectivity index (χ4v) is 6.14. The van der Waals surface area contributed by atoms with Crippen molar-refractivity contribution in [2.75, 3.05) is 13.7 Å². The highest BCUT2D eigenvalue weighted by Crippen LogP contribution is 2.33. The molecule has 3 aromatic rings. The summed E-state index contributed by atoms with van der Waals surface area (Å²) in [6.07, 6.45) is 23.0. The summed E-state index contributed by atoms with van der Waals surface area (Å²) in [7, 11) is 3.61. The van der Waals surface area contributed by atoms with E-state index in [1.54, 1.807) is 7.11 Å². The highest BCUT2D eigenvalue weighted by Gasteiger charge is 2.23. The van der Waals surface area contributed by atoms with Gasteiger partial charge in [0.2, 0.25) is 0 Å². The van der Waals surface area contributed by atoms with Crippen molar-refractivity contribution in [2.45, 2.75) is 136 Å². The van der Waals surface area contributed by atoms with Gasteiger partial charge in [0, 0.05) is 25.2 Å². The number of carbonyl (C=O) groups is 1. The zero-order valence-corrected chi connectivity index (χ0v) is 33.0. The number of hydrogen-bond donors (Lipinski definition) is 0. The van der Waals surface area contributed by atoms with Crippen LogP contribution in [0.4, 0.5) is 0 Å². The van der Waals surface area contributed by atoms with Crippen molar-refractivity contribution in [3.63, 3.8) is 0 Å². The van der Waals surface area contributed by atoms with Crippen LogP contribution in [0.15, 0.2) is 67.0 Å². The number of carbonyl (C=O) groups excluding carboxylic acids is 1. The Bertz CT molecular complexity index is 1320. The Hall–Kier alpha value is -2.61. The van der Waals surface area contributed by atoms with Crippen molar-refractivity contribution < 1.29 is 42.8 Å². The number of ether oxygens (including phenoxy) is 2. The van der Waals surface area contributed by atoms with Crippen LogP contribution in [0.3, 0.4) is 0 Å². The maximum absolute atomic E-state index is 13.9. The summed E-state index contributed by atoms with van der Waals surface area (Å²) >= 11 is 0. The fourth-order valence-electron chi connectivity index (χ4n) is 6.14. The fraction of sp³-hybridized carbons (Fsp3) is 0.571. The van der Waals surface area contributed by atoms with E-state index in [9.17, 15) is 4.79 Å². The van der Waals surface area contributed by atoms with Gasteiger partial charge in [-0.25, -0.2) is 4.57 Å². The maximum Gasteiger partial charge on any atom is 0.258 e. The van der Waals surface area contributed by atoms with Crippen LogP contribution >= 0.6 is 0 Å². The second-order valence-corrected chi connectivity index (χ2v) is 14.3. The minimum atomic E-state index is -0.0908. The van der Waals surface area contributed by atoms with Gasteiger partial charge >= 0.3 is 0 Å². The number of unbranched alkanes of at least 4 members (excludes halogenated alkanes) is 13. The summed E-state index contributed by atoms with van der Waals surface area (Å²) in [5.41, 5.74) is 3.82. The van der Waals surface area contributed by atoms with E-state index in [-0.39, 0.29) is 35.3 Å². The molecule has 0 spiro atoms. The van der Waals surface area contributed by atoms with Gasteiger partial charge in [0.25, 0.3) is 5.91 Å². The van der Waals surface area contributed by atoms with Crippen molar-refractivity contribution >= 4 is 5.91 Å². The van der Waals surface area contributed by atoms with E-state index in [0.717, 1.165) is 29.9 Å². The Morgan fingerprint density at radius 3 is 1.81 bits per heavy atom. The molecule has 0 saturated heterocycles. The number of methoxy groups -OCH3 is 1. The quantitative estimate of drug-likeness (QED) is 0.0604. The van der Waals surface area contributed by atoms with Gasteiger partial charge in [-0.15, -0.1) is 0 Å². The molecular formula is C42H63IN2O3. The van der Waals surface area contributed by atoms with Crippen molar-refractivity contribution in [1.29, 1.82) is 0 Å². The highest BCUT2D eigenvalue weighted by molar-refractivity contribution is 5.96. The number of nitrogens with zero attached hydrogens (tertiary/aromatic N) is 2. The number of benzene rings is 2. The molecule has 0 aliphatic carbocycles. The van der Waals surface area contributed by atoms with E-state index in [2.05, 4.69) is 58.0 Å². The number of amides is 1. The molecule has 0 saturated carbocycles. The van der Waals surface area contributed by atoms with Gasteiger partial charge in [-0.05, 0) is 52.8 Å². The molecule has 2 aromatic carbocycles. The van der Waals surface area contributed by atoms with Crippen molar-refractivity contribution in [3.05, 3.63) is 89.2 Å². The molecule has 6 heteroatoms. The molecule has 5 nitrogen and oxygen atoms in total. The summed E-state index contributed by atoms with van der Waals surface area (Å²) in [6.45, 7) is 10.7. The molecule has 266 valence electrons. The zero-order valence-electron chi connectivity index (χ0n) is 30.9. The van der Waals surface area contributed by atoms with Crippen LogP contribution in [0.2, 0.25) is 0 Å². The van der Waals surface area contributed by atoms with Gasteiger partial charge < -0.3 is 38.4 Å². The molecule has 1 heterocycles. The number of aromatic nitrogens is 1. The van der Waals surface area contributed by atoms with Gasteiger partial charge in [0.05, 0.1) is 19.3 Å². The first-order valence-corrected chi connectivity index (χ1v) is 18.4. The number of halogens is 1. The molecule has 0 unspecified atom stereocenters. The van der Waals surface area contributed by atoms with Gasteiger partial charge in [0.1, 0.15) is 18.5 Å². The predicted octanol–water partition coefficient (Wildman–Crippen LogP) is 7.52. The smallest absolute Gasteiger partial charge is 0.258 e. The Balaban J connectivity index is 0.00000800. The highest BCUT2D eigenvalue weighted by atomic mass is 127. The van der Waals surface area contributed by atoms with Crippen LogP contribution in [0.25, 0.3) is 0 Å². The molecule has 0 bridgehead atoms. The lowest BCUT2D eigenvalue weighted by Crippen LogP contribution is -3.00. The zero-order chi connectivity index (χ0) is 33.9. The molecule has 0 N–H and O–H groups in total. The Labute approximate surface area is 309 Å². The van der Waals surface area contributed by atoms with Crippen LogP contribution in [0, 0.1) is 0 Å².